The van der Waals surface area contributed by atoms with Crippen LogP contribution in [0, 0.1) is 17.7 Å². The fourth-order valence-corrected chi connectivity index (χ4v) is 5.67. The van der Waals surface area contributed by atoms with Crippen LogP contribution in [0.1, 0.15) is 72.1 Å². The Morgan fingerprint density at radius 1 is 0.971 bits per heavy atom. The average Bonchev–Trinajstić information content (AvgIpc) is 3.49. The van der Waals surface area contributed by atoms with Crippen LogP contribution in [0.5, 0.6) is 0 Å². The molecule has 4 aromatic rings. The first kappa shape index (κ1) is 23.2. The van der Waals surface area contributed by atoms with Crippen molar-refractivity contribution in [2.45, 2.75) is 58.5 Å². The van der Waals surface area contributed by atoms with Gasteiger partial charge in [-0.15, -0.1) is 4.91 Å². The molecule has 0 amide bonds. The molecule has 1 fully saturated rings. The number of benzene rings is 3. The molecule has 178 valence electrons. The number of ketones is 2. The highest BCUT2D eigenvalue weighted by molar-refractivity contribution is 6.15. The first-order valence-corrected chi connectivity index (χ1v) is 12.5. The Balaban J connectivity index is 1.59. The van der Waals surface area contributed by atoms with E-state index in [4.69, 9.17) is 0 Å². The Bertz CT molecular complexity index is 1440. The van der Waals surface area contributed by atoms with Crippen LogP contribution >= 0.6 is 0 Å². The minimum Gasteiger partial charge on any atom is -0.341 e. The normalized spacial score (nSPS) is 15.0. The van der Waals surface area contributed by atoms with Gasteiger partial charge in [-0.05, 0) is 61.2 Å². The molecule has 0 saturated heterocycles. The molecule has 0 aliphatic heterocycles. The Hall–Kier alpha value is -3.60. The van der Waals surface area contributed by atoms with Crippen molar-refractivity contribution in [2.24, 2.45) is 11.1 Å². The Morgan fingerprint density at radius 2 is 1.66 bits per heavy atom. The molecule has 35 heavy (non-hydrogen) atoms. The van der Waals surface area contributed by atoms with Gasteiger partial charge in [0.2, 0.25) is 0 Å². The monoisotopic (exact) mass is 466 g/mol. The Labute approximate surface area is 205 Å². The van der Waals surface area contributed by atoms with Crippen molar-refractivity contribution in [3.63, 3.8) is 0 Å². The summed E-state index contributed by atoms with van der Waals surface area (Å²) in [7, 11) is 0. The van der Waals surface area contributed by atoms with E-state index in [0.717, 1.165) is 59.6 Å². The summed E-state index contributed by atoms with van der Waals surface area (Å²) in [6, 6.07) is 18.2. The number of fused-ring (bicyclic) bond motifs is 3. The standard InChI is InChI=1S/C30H30N2O3/c1-3-32-26-14-12-21(29(31-35)28(33)16-20-9-5-6-10-20)17-24(26)25-18-22(13-15-27(25)32)30(34)23-11-7-4-8-19(23)2/h4,7-8,11-15,17-18,20,29H,3,5-6,9-10,16H2,1-2H3. The quantitative estimate of drug-likeness (QED) is 0.202. The molecule has 5 rings (SSSR count). The van der Waals surface area contributed by atoms with E-state index in [0.29, 0.717) is 29.0 Å². The van der Waals surface area contributed by atoms with Crippen molar-refractivity contribution in [1.29, 1.82) is 0 Å². The van der Waals surface area contributed by atoms with Crippen LogP contribution in [0.2, 0.25) is 0 Å². The highest BCUT2D eigenvalue weighted by Gasteiger charge is 2.27. The van der Waals surface area contributed by atoms with Gasteiger partial charge in [-0.1, -0.05) is 61.2 Å². The molecule has 0 N–H and O–H groups in total. The SMILES string of the molecule is CCn1c2ccc(C(=O)c3ccccc3C)cc2c2cc(C(N=O)C(=O)CC3CCCC3)ccc21. The van der Waals surface area contributed by atoms with Gasteiger partial charge in [-0.3, -0.25) is 9.59 Å². The van der Waals surface area contributed by atoms with Gasteiger partial charge < -0.3 is 4.57 Å². The maximum atomic E-state index is 13.3. The van der Waals surface area contributed by atoms with Crippen molar-refractivity contribution in [2.75, 3.05) is 0 Å². The van der Waals surface area contributed by atoms with Gasteiger partial charge in [0.15, 0.2) is 17.6 Å². The van der Waals surface area contributed by atoms with Crippen LogP contribution in [0.15, 0.2) is 65.8 Å². The predicted molar refractivity (Wildman–Crippen MR) is 140 cm³/mol. The summed E-state index contributed by atoms with van der Waals surface area (Å²) in [6.45, 7) is 4.79. The van der Waals surface area contributed by atoms with E-state index in [1.807, 2.05) is 67.6 Å². The van der Waals surface area contributed by atoms with Gasteiger partial charge in [0.1, 0.15) is 0 Å². The van der Waals surface area contributed by atoms with E-state index in [9.17, 15) is 14.5 Å². The van der Waals surface area contributed by atoms with Gasteiger partial charge in [0.25, 0.3) is 0 Å². The molecular formula is C30H30N2O3. The lowest BCUT2D eigenvalue weighted by Gasteiger charge is -2.12. The molecule has 1 aliphatic carbocycles. The summed E-state index contributed by atoms with van der Waals surface area (Å²) in [5.41, 5.74) is 4.91. The first-order valence-electron chi connectivity index (χ1n) is 12.5. The number of hydrogen-bond acceptors (Lipinski definition) is 4. The number of nitroso groups, excluding NO2 is 1. The molecule has 0 spiro atoms. The number of aromatic nitrogens is 1. The lowest BCUT2D eigenvalue weighted by Crippen LogP contribution is -2.13. The number of Topliss-reactive ketones (excluding diaryl/α,β-unsaturated/α-hetero) is 1. The molecule has 1 heterocycles. The summed E-state index contributed by atoms with van der Waals surface area (Å²) in [6.07, 6.45) is 4.84. The lowest BCUT2D eigenvalue weighted by molar-refractivity contribution is -0.121. The first-order chi connectivity index (χ1) is 17.0. The van der Waals surface area contributed by atoms with Gasteiger partial charge in [0, 0.05) is 45.9 Å². The molecule has 1 aliphatic rings. The van der Waals surface area contributed by atoms with Gasteiger partial charge in [-0.2, -0.15) is 0 Å². The predicted octanol–water partition coefficient (Wildman–Crippen LogP) is 7.31. The average molecular weight is 467 g/mol. The van der Waals surface area contributed by atoms with Crippen LogP contribution < -0.4 is 0 Å². The second kappa shape index (κ2) is 9.57. The second-order valence-electron chi connectivity index (χ2n) is 9.73. The van der Waals surface area contributed by atoms with E-state index in [1.165, 1.54) is 0 Å². The number of rotatable bonds is 8. The van der Waals surface area contributed by atoms with E-state index < -0.39 is 6.04 Å². The van der Waals surface area contributed by atoms with E-state index in [2.05, 4.69) is 16.7 Å². The maximum Gasteiger partial charge on any atom is 0.193 e. The summed E-state index contributed by atoms with van der Waals surface area (Å²) in [4.78, 5) is 38.1. The molecule has 3 aromatic carbocycles. The number of carbonyl (C=O) groups excluding carboxylic acids is 2. The van der Waals surface area contributed by atoms with Crippen LogP contribution in [-0.2, 0) is 11.3 Å². The second-order valence-corrected chi connectivity index (χ2v) is 9.73. The third kappa shape index (κ3) is 4.20. The van der Waals surface area contributed by atoms with E-state index in [1.54, 1.807) is 0 Å². The summed E-state index contributed by atoms with van der Waals surface area (Å²) in [5, 5.41) is 5.12. The van der Waals surface area contributed by atoms with Crippen molar-refractivity contribution in [3.8, 4) is 0 Å². The van der Waals surface area contributed by atoms with Crippen LogP contribution in [-0.4, -0.2) is 16.1 Å². The smallest absolute Gasteiger partial charge is 0.193 e. The van der Waals surface area contributed by atoms with Crippen LogP contribution in [0.3, 0.4) is 0 Å². The molecular weight excluding hydrogens is 436 g/mol. The zero-order chi connectivity index (χ0) is 24.5. The summed E-state index contributed by atoms with van der Waals surface area (Å²) < 4.78 is 2.19. The van der Waals surface area contributed by atoms with Gasteiger partial charge in [-0.25, -0.2) is 0 Å². The number of hydrogen-bond donors (Lipinski definition) is 0. The molecule has 5 nitrogen and oxygen atoms in total. The fraction of sp³-hybridized carbons (Fsp3) is 0.333. The largest absolute Gasteiger partial charge is 0.341 e. The van der Waals surface area contributed by atoms with Crippen molar-refractivity contribution >= 4 is 33.4 Å². The maximum absolute atomic E-state index is 13.3. The molecule has 5 heteroatoms. The van der Waals surface area contributed by atoms with Gasteiger partial charge in [0.05, 0.1) is 0 Å². The minimum atomic E-state index is -0.989. The van der Waals surface area contributed by atoms with Gasteiger partial charge >= 0.3 is 0 Å². The lowest BCUT2D eigenvalue weighted by atomic mass is 9.93. The van der Waals surface area contributed by atoms with Crippen molar-refractivity contribution in [3.05, 3.63) is 87.8 Å². The van der Waals surface area contributed by atoms with Crippen LogP contribution in [0.4, 0.5) is 0 Å². The zero-order valence-electron chi connectivity index (χ0n) is 20.3. The molecule has 1 aromatic heterocycles. The number of aryl methyl sites for hydroxylation is 2. The molecule has 0 bridgehead atoms. The molecule has 1 unspecified atom stereocenters. The van der Waals surface area contributed by atoms with E-state index in [-0.39, 0.29) is 11.6 Å². The third-order valence-corrected chi connectivity index (χ3v) is 7.55. The topological polar surface area (TPSA) is 68.5 Å². The van der Waals surface area contributed by atoms with Crippen molar-refractivity contribution < 1.29 is 9.59 Å². The molecule has 1 saturated carbocycles. The Kier molecular flexibility index (Phi) is 6.33. The van der Waals surface area contributed by atoms with E-state index >= 15 is 0 Å². The Morgan fingerprint density at radius 3 is 2.34 bits per heavy atom. The fourth-order valence-electron chi connectivity index (χ4n) is 5.67. The molecule has 0 radical (unpaired) electrons. The van der Waals surface area contributed by atoms with Crippen LogP contribution in [0.25, 0.3) is 21.8 Å². The zero-order valence-corrected chi connectivity index (χ0v) is 20.3. The highest BCUT2D eigenvalue weighted by atomic mass is 16.3. The summed E-state index contributed by atoms with van der Waals surface area (Å²) >= 11 is 0. The highest BCUT2D eigenvalue weighted by Crippen LogP contribution is 2.35. The van der Waals surface area contributed by atoms with Crippen molar-refractivity contribution in [1.82, 2.24) is 4.57 Å². The molecule has 1 atom stereocenters. The number of nitrogens with zero attached hydrogens (tertiary/aromatic N) is 2. The number of carbonyl (C=O) groups is 2. The third-order valence-electron chi connectivity index (χ3n) is 7.55. The minimum absolute atomic E-state index is 0.0160. The summed E-state index contributed by atoms with van der Waals surface area (Å²) in [5.74, 6) is 0.256.